The maximum atomic E-state index is 12.0. The van der Waals surface area contributed by atoms with Crippen LogP contribution in [0.2, 0.25) is 0 Å². The Labute approximate surface area is 158 Å². The van der Waals surface area contributed by atoms with Gasteiger partial charge in [0.05, 0.1) is 18.0 Å². The zero-order valence-corrected chi connectivity index (χ0v) is 15.3. The summed E-state index contributed by atoms with van der Waals surface area (Å²) in [5, 5.41) is 16.9. The van der Waals surface area contributed by atoms with Crippen molar-refractivity contribution in [1.29, 1.82) is 0 Å². The molecule has 0 aliphatic heterocycles. The van der Waals surface area contributed by atoms with E-state index in [0.717, 1.165) is 18.7 Å². The normalized spacial score (nSPS) is 9.88. The Balaban J connectivity index is 0.00000338. The Morgan fingerprint density at radius 3 is 2.69 bits per heavy atom. The van der Waals surface area contributed by atoms with E-state index < -0.39 is 4.92 Å². The predicted octanol–water partition coefficient (Wildman–Crippen LogP) is 3.53. The highest BCUT2D eigenvalue weighted by Gasteiger charge is 2.14. The molecule has 2 N–H and O–H groups in total. The van der Waals surface area contributed by atoms with Crippen LogP contribution in [-0.2, 0) is 11.3 Å². The molecule has 0 heterocycles. The number of rotatable bonds is 9. The molecule has 0 bridgehead atoms. The molecule has 8 heteroatoms. The lowest BCUT2D eigenvalue weighted by atomic mass is 10.2. The minimum absolute atomic E-state index is 0. The number of ether oxygens (including phenoxy) is 1. The maximum absolute atomic E-state index is 12.0. The van der Waals surface area contributed by atoms with Gasteiger partial charge in [0.25, 0.3) is 0 Å². The van der Waals surface area contributed by atoms with Crippen molar-refractivity contribution < 1.29 is 14.5 Å². The molecule has 0 saturated carbocycles. The predicted molar refractivity (Wildman–Crippen MR) is 103 cm³/mol. The first-order chi connectivity index (χ1) is 12.1. The van der Waals surface area contributed by atoms with E-state index in [9.17, 15) is 14.9 Å². The second-order valence-electron chi connectivity index (χ2n) is 5.35. The largest absolute Gasteiger partial charge is 0.486 e. The molecule has 0 saturated heterocycles. The van der Waals surface area contributed by atoms with Gasteiger partial charge < -0.3 is 15.4 Å². The topological polar surface area (TPSA) is 93.5 Å². The summed E-state index contributed by atoms with van der Waals surface area (Å²) in [6.45, 7) is 3.71. The van der Waals surface area contributed by atoms with Crippen LogP contribution in [0.15, 0.2) is 48.5 Å². The number of nitrogens with one attached hydrogen (secondary N) is 2. The molecule has 2 aromatic carbocycles. The number of hydrogen-bond acceptors (Lipinski definition) is 5. The standard InChI is InChI=1S/C18H21N3O4.ClH/c1-2-19-13-14-6-5-7-15(12-14)20-18(22)10-11-25-17-9-4-3-8-16(17)21(23)24;/h3-9,12,19H,2,10-11,13H2,1H3,(H,20,22);1H. The van der Waals surface area contributed by atoms with E-state index in [1.165, 1.54) is 12.1 Å². The highest BCUT2D eigenvalue weighted by molar-refractivity contribution is 5.90. The van der Waals surface area contributed by atoms with Gasteiger partial charge in [0.1, 0.15) is 0 Å². The van der Waals surface area contributed by atoms with Crippen molar-refractivity contribution in [3.8, 4) is 5.75 Å². The molecule has 2 rings (SSSR count). The third kappa shape index (κ3) is 6.70. The third-order valence-electron chi connectivity index (χ3n) is 3.44. The molecule has 2 aromatic rings. The Kier molecular flexibility index (Phi) is 9.11. The van der Waals surface area contributed by atoms with Crippen LogP contribution >= 0.6 is 12.4 Å². The van der Waals surface area contributed by atoms with Crippen LogP contribution in [0.3, 0.4) is 0 Å². The molecule has 7 nitrogen and oxygen atoms in total. The van der Waals surface area contributed by atoms with Gasteiger partial charge in [0.2, 0.25) is 5.91 Å². The van der Waals surface area contributed by atoms with E-state index in [4.69, 9.17) is 4.74 Å². The van der Waals surface area contributed by atoms with Gasteiger partial charge in [-0.3, -0.25) is 14.9 Å². The summed E-state index contributed by atoms with van der Waals surface area (Å²) in [6.07, 6.45) is 0.101. The highest BCUT2D eigenvalue weighted by atomic mass is 35.5. The average molecular weight is 380 g/mol. The Bertz CT molecular complexity index is 740. The van der Waals surface area contributed by atoms with Crippen molar-refractivity contribution in [1.82, 2.24) is 5.32 Å². The number of nitro groups is 1. The summed E-state index contributed by atoms with van der Waals surface area (Å²) in [4.78, 5) is 22.4. The number of halogens is 1. The van der Waals surface area contributed by atoms with Crippen LogP contribution in [0.1, 0.15) is 18.9 Å². The lowest BCUT2D eigenvalue weighted by Crippen LogP contribution is -2.16. The molecule has 26 heavy (non-hydrogen) atoms. The third-order valence-corrected chi connectivity index (χ3v) is 3.44. The van der Waals surface area contributed by atoms with E-state index in [1.54, 1.807) is 12.1 Å². The van der Waals surface area contributed by atoms with Gasteiger partial charge in [-0.25, -0.2) is 0 Å². The minimum atomic E-state index is -0.509. The van der Waals surface area contributed by atoms with Gasteiger partial charge >= 0.3 is 5.69 Å². The summed E-state index contributed by atoms with van der Waals surface area (Å²) < 4.78 is 5.37. The zero-order chi connectivity index (χ0) is 18.1. The second-order valence-corrected chi connectivity index (χ2v) is 5.35. The van der Waals surface area contributed by atoms with Crippen LogP contribution in [0.4, 0.5) is 11.4 Å². The van der Waals surface area contributed by atoms with Gasteiger partial charge in [-0.05, 0) is 30.3 Å². The fourth-order valence-corrected chi connectivity index (χ4v) is 2.24. The van der Waals surface area contributed by atoms with Crippen molar-refractivity contribution in [2.45, 2.75) is 19.9 Å². The number of nitrogens with zero attached hydrogens (tertiary/aromatic N) is 1. The highest BCUT2D eigenvalue weighted by Crippen LogP contribution is 2.25. The summed E-state index contributed by atoms with van der Waals surface area (Å²) >= 11 is 0. The molecule has 0 aliphatic rings. The van der Waals surface area contributed by atoms with Crippen molar-refractivity contribution in [3.05, 3.63) is 64.2 Å². The molecule has 140 valence electrons. The first-order valence-electron chi connectivity index (χ1n) is 8.06. The molecule has 0 aromatic heterocycles. The first-order valence-corrected chi connectivity index (χ1v) is 8.06. The molecule has 0 aliphatic carbocycles. The quantitative estimate of drug-likeness (QED) is 0.513. The smallest absolute Gasteiger partial charge is 0.310 e. The van der Waals surface area contributed by atoms with Crippen LogP contribution in [0.5, 0.6) is 5.75 Å². The fourth-order valence-electron chi connectivity index (χ4n) is 2.24. The van der Waals surface area contributed by atoms with Gasteiger partial charge in [-0.15, -0.1) is 12.4 Å². The Hall–Kier alpha value is -2.64. The van der Waals surface area contributed by atoms with Crippen molar-refractivity contribution >= 4 is 29.7 Å². The molecule has 1 amide bonds. The summed E-state index contributed by atoms with van der Waals surface area (Å²) in [5.41, 5.74) is 1.68. The first kappa shape index (κ1) is 21.4. The SMILES string of the molecule is CCNCc1cccc(NC(=O)CCOc2ccccc2[N+](=O)[O-])c1.Cl. The van der Waals surface area contributed by atoms with Gasteiger partial charge in [-0.2, -0.15) is 0 Å². The molecule has 0 fully saturated rings. The summed E-state index contributed by atoms with van der Waals surface area (Å²) in [6, 6.07) is 13.7. The van der Waals surface area contributed by atoms with E-state index >= 15 is 0 Å². The number of para-hydroxylation sites is 2. The van der Waals surface area contributed by atoms with Gasteiger partial charge in [-0.1, -0.05) is 31.2 Å². The fraction of sp³-hybridized carbons (Fsp3) is 0.278. The minimum Gasteiger partial charge on any atom is -0.486 e. The number of carbonyl (C=O) groups excluding carboxylic acids is 1. The van der Waals surface area contributed by atoms with Crippen LogP contribution < -0.4 is 15.4 Å². The monoisotopic (exact) mass is 379 g/mol. The molecule has 0 atom stereocenters. The van der Waals surface area contributed by atoms with Crippen molar-refractivity contribution in [2.24, 2.45) is 0 Å². The zero-order valence-electron chi connectivity index (χ0n) is 14.4. The lowest BCUT2D eigenvalue weighted by Gasteiger charge is -2.09. The summed E-state index contributed by atoms with van der Waals surface area (Å²) in [5.74, 6) is -0.0490. The van der Waals surface area contributed by atoms with E-state index in [2.05, 4.69) is 10.6 Å². The molecule has 0 radical (unpaired) electrons. The summed E-state index contributed by atoms with van der Waals surface area (Å²) in [7, 11) is 0. The van der Waals surface area contributed by atoms with Crippen LogP contribution in [0, 0.1) is 10.1 Å². The second kappa shape index (κ2) is 11.1. The number of benzene rings is 2. The van der Waals surface area contributed by atoms with Crippen molar-refractivity contribution in [3.63, 3.8) is 0 Å². The van der Waals surface area contributed by atoms with Crippen LogP contribution in [0.25, 0.3) is 0 Å². The number of hydrogen-bond donors (Lipinski definition) is 2. The number of anilines is 1. The lowest BCUT2D eigenvalue weighted by molar-refractivity contribution is -0.385. The maximum Gasteiger partial charge on any atom is 0.310 e. The number of carbonyl (C=O) groups is 1. The number of amides is 1. The van der Waals surface area contributed by atoms with E-state index in [0.29, 0.717) is 5.69 Å². The van der Waals surface area contributed by atoms with Crippen LogP contribution in [-0.4, -0.2) is 24.0 Å². The van der Waals surface area contributed by atoms with E-state index in [-0.39, 0.29) is 42.8 Å². The van der Waals surface area contributed by atoms with E-state index in [1.807, 2.05) is 31.2 Å². The molecule has 0 unspecified atom stereocenters. The van der Waals surface area contributed by atoms with Gasteiger partial charge in [0.15, 0.2) is 5.75 Å². The molecular weight excluding hydrogens is 358 g/mol. The van der Waals surface area contributed by atoms with Gasteiger partial charge in [0, 0.05) is 18.3 Å². The number of nitro benzene ring substituents is 1. The Morgan fingerprint density at radius 2 is 1.96 bits per heavy atom. The molecular formula is C18H22ClN3O4. The molecule has 0 spiro atoms. The average Bonchev–Trinajstić information content (AvgIpc) is 2.60. The van der Waals surface area contributed by atoms with Crippen molar-refractivity contribution in [2.75, 3.05) is 18.5 Å². The Morgan fingerprint density at radius 1 is 1.19 bits per heavy atom.